The minimum Gasteiger partial charge on any atom is -0.434 e. The largest absolute Gasteiger partial charge is 0.434 e. The van der Waals surface area contributed by atoms with E-state index in [-0.39, 0.29) is 36.3 Å². The molecule has 27 heavy (non-hydrogen) atoms. The van der Waals surface area contributed by atoms with Gasteiger partial charge in [-0.25, -0.2) is 9.37 Å². The number of primary amides is 1. The van der Waals surface area contributed by atoms with Crippen LogP contribution >= 0.6 is 0 Å². The predicted octanol–water partition coefficient (Wildman–Crippen LogP) is 2.38. The zero-order valence-corrected chi connectivity index (χ0v) is 14.8. The Morgan fingerprint density at radius 2 is 2.00 bits per heavy atom. The van der Waals surface area contributed by atoms with Crippen molar-refractivity contribution < 1.29 is 18.7 Å². The molecule has 2 aromatic rings. The molecule has 1 saturated heterocycles. The summed E-state index contributed by atoms with van der Waals surface area (Å²) in [5.41, 5.74) is 5.71. The molecular formula is C19H21FN4O3. The average Bonchev–Trinajstić information content (AvgIpc) is 2.68. The van der Waals surface area contributed by atoms with E-state index in [9.17, 15) is 14.0 Å². The first-order chi connectivity index (χ1) is 13.0. The van der Waals surface area contributed by atoms with Gasteiger partial charge in [0.05, 0.1) is 0 Å². The molecule has 1 unspecified atom stereocenters. The number of hydrogen-bond acceptors (Lipinski definition) is 5. The number of likely N-dealkylation sites (tertiary alicyclic amines) is 1. The smallest absolute Gasteiger partial charge is 0.241 e. The number of benzene rings is 1. The average molecular weight is 372 g/mol. The van der Waals surface area contributed by atoms with Crippen LogP contribution in [0.4, 0.5) is 4.39 Å². The fourth-order valence-electron chi connectivity index (χ4n) is 3.14. The summed E-state index contributed by atoms with van der Waals surface area (Å²) in [6.45, 7) is 1.07. The molecule has 1 fully saturated rings. The van der Waals surface area contributed by atoms with Crippen molar-refractivity contribution in [3.63, 3.8) is 0 Å². The van der Waals surface area contributed by atoms with E-state index in [0.717, 1.165) is 12.8 Å². The summed E-state index contributed by atoms with van der Waals surface area (Å²) in [6, 6.07) is 6.09. The molecule has 1 aromatic carbocycles. The number of carbonyl (C=O) groups excluding carboxylic acids is 2. The minimum absolute atomic E-state index is 0.0345. The molecule has 3 rings (SSSR count). The van der Waals surface area contributed by atoms with Gasteiger partial charge in [-0.2, -0.15) is 0 Å². The molecule has 0 spiro atoms. The second-order valence-corrected chi connectivity index (χ2v) is 6.42. The number of piperidine rings is 1. The number of amides is 2. The topological polar surface area (TPSA) is 98.4 Å². The van der Waals surface area contributed by atoms with Gasteiger partial charge in [0, 0.05) is 44.2 Å². The Morgan fingerprint density at radius 3 is 2.78 bits per heavy atom. The fourth-order valence-corrected chi connectivity index (χ4v) is 3.14. The zero-order chi connectivity index (χ0) is 19.2. The lowest BCUT2D eigenvalue weighted by Gasteiger charge is -2.32. The Hall–Kier alpha value is -3.03. The standard InChI is InChI=1S/C19H21FN4O3/c20-14-5-1-2-6-15(14)27-19-18(22-9-10-23-19)13-4-3-11-24(12-13)17(26)8-7-16(21)25/h1-2,5-6,9-10,13H,3-4,7-8,11-12H2,(H2,21,25). The van der Waals surface area contributed by atoms with Crippen molar-refractivity contribution in [3.8, 4) is 11.6 Å². The van der Waals surface area contributed by atoms with Crippen LogP contribution in [0.1, 0.15) is 37.3 Å². The van der Waals surface area contributed by atoms with Crippen molar-refractivity contribution in [1.82, 2.24) is 14.9 Å². The third-order valence-electron chi connectivity index (χ3n) is 4.48. The number of para-hydroxylation sites is 1. The van der Waals surface area contributed by atoms with Crippen LogP contribution in [-0.2, 0) is 9.59 Å². The second kappa shape index (κ2) is 8.57. The van der Waals surface area contributed by atoms with E-state index in [4.69, 9.17) is 10.5 Å². The number of ether oxygens (including phenoxy) is 1. The molecule has 2 N–H and O–H groups in total. The van der Waals surface area contributed by atoms with Gasteiger partial charge >= 0.3 is 0 Å². The number of carbonyl (C=O) groups is 2. The highest BCUT2D eigenvalue weighted by molar-refractivity contribution is 5.83. The van der Waals surface area contributed by atoms with Crippen LogP contribution in [0.15, 0.2) is 36.7 Å². The molecule has 8 heteroatoms. The SMILES string of the molecule is NC(=O)CCC(=O)N1CCCC(c2nccnc2Oc2ccccc2F)C1. The Kier molecular flexibility index (Phi) is 5.95. The number of hydrogen-bond donors (Lipinski definition) is 1. The van der Waals surface area contributed by atoms with Crippen molar-refractivity contribution in [1.29, 1.82) is 0 Å². The van der Waals surface area contributed by atoms with E-state index < -0.39 is 11.7 Å². The normalized spacial score (nSPS) is 16.8. The van der Waals surface area contributed by atoms with E-state index in [1.54, 1.807) is 23.2 Å². The summed E-state index contributed by atoms with van der Waals surface area (Å²) in [5.74, 6) is -0.860. The fraction of sp³-hybridized carbons (Fsp3) is 0.368. The van der Waals surface area contributed by atoms with Crippen molar-refractivity contribution in [2.24, 2.45) is 5.73 Å². The van der Waals surface area contributed by atoms with Gasteiger partial charge in [0.1, 0.15) is 5.69 Å². The summed E-state index contributed by atoms with van der Waals surface area (Å²) in [5, 5.41) is 0. The van der Waals surface area contributed by atoms with Crippen LogP contribution in [0.2, 0.25) is 0 Å². The predicted molar refractivity (Wildman–Crippen MR) is 95.5 cm³/mol. The van der Waals surface area contributed by atoms with E-state index >= 15 is 0 Å². The molecule has 1 aliphatic rings. The maximum Gasteiger partial charge on any atom is 0.241 e. The number of rotatable bonds is 6. The monoisotopic (exact) mass is 372 g/mol. The molecule has 0 bridgehead atoms. The quantitative estimate of drug-likeness (QED) is 0.839. The number of nitrogens with zero attached hydrogens (tertiary/aromatic N) is 3. The van der Waals surface area contributed by atoms with Gasteiger partial charge in [0.15, 0.2) is 11.6 Å². The van der Waals surface area contributed by atoms with E-state index in [1.807, 2.05) is 0 Å². The molecule has 1 aromatic heterocycles. The Balaban J connectivity index is 1.75. The van der Waals surface area contributed by atoms with Crippen molar-refractivity contribution in [2.75, 3.05) is 13.1 Å². The highest BCUT2D eigenvalue weighted by Crippen LogP contribution is 2.33. The Morgan fingerprint density at radius 1 is 1.22 bits per heavy atom. The molecule has 2 amide bonds. The van der Waals surface area contributed by atoms with Crippen LogP contribution < -0.4 is 10.5 Å². The first-order valence-electron chi connectivity index (χ1n) is 8.84. The summed E-state index contributed by atoms with van der Waals surface area (Å²) < 4.78 is 19.6. The molecule has 7 nitrogen and oxygen atoms in total. The molecular weight excluding hydrogens is 351 g/mol. The minimum atomic E-state index is -0.494. The highest BCUT2D eigenvalue weighted by Gasteiger charge is 2.28. The van der Waals surface area contributed by atoms with Crippen molar-refractivity contribution in [2.45, 2.75) is 31.6 Å². The van der Waals surface area contributed by atoms with Gasteiger partial charge in [-0.15, -0.1) is 0 Å². The number of aromatic nitrogens is 2. The van der Waals surface area contributed by atoms with Crippen molar-refractivity contribution >= 4 is 11.8 Å². The van der Waals surface area contributed by atoms with Gasteiger partial charge in [0.25, 0.3) is 0 Å². The van der Waals surface area contributed by atoms with Crippen LogP contribution in [0.25, 0.3) is 0 Å². The third kappa shape index (κ3) is 4.78. The van der Waals surface area contributed by atoms with Crippen LogP contribution in [0, 0.1) is 5.82 Å². The van der Waals surface area contributed by atoms with Gasteiger partial charge in [-0.1, -0.05) is 12.1 Å². The van der Waals surface area contributed by atoms with Gasteiger partial charge in [0.2, 0.25) is 17.7 Å². The Labute approximate surface area is 156 Å². The molecule has 0 saturated carbocycles. The first-order valence-corrected chi connectivity index (χ1v) is 8.84. The van der Waals surface area contributed by atoms with Crippen LogP contribution in [0.3, 0.4) is 0 Å². The van der Waals surface area contributed by atoms with E-state index in [0.29, 0.717) is 18.8 Å². The van der Waals surface area contributed by atoms with E-state index in [2.05, 4.69) is 9.97 Å². The summed E-state index contributed by atoms with van der Waals surface area (Å²) in [4.78, 5) is 33.5. The number of halogens is 1. The maximum absolute atomic E-state index is 13.9. The molecule has 0 aliphatic carbocycles. The summed E-state index contributed by atoms with van der Waals surface area (Å²) >= 11 is 0. The first kappa shape index (κ1) is 18.8. The molecule has 1 atom stereocenters. The lowest BCUT2D eigenvalue weighted by Crippen LogP contribution is -2.39. The molecule has 142 valence electrons. The molecule has 2 heterocycles. The highest BCUT2D eigenvalue weighted by atomic mass is 19.1. The number of nitrogens with two attached hydrogens (primary N) is 1. The lowest BCUT2D eigenvalue weighted by molar-refractivity contribution is -0.134. The lowest BCUT2D eigenvalue weighted by atomic mass is 9.94. The Bertz CT molecular complexity index is 830. The van der Waals surface area contributed by atoms with Crippen molar-refractivity contribution in [3.05, 3.63) is 48.2 Å². The van der Waals surface area contributed by atoms with Gasteiger partial charge < -0.3 is 15.4 Å². The summed E-state index contributed by atoms with van der Waals surface area (Å²) in [7, 11) is 0. The van der Waals surface area contributed by atoms with Gasteiger partial charge in [-0.05, 0) is 25.0 Å². The second-order valence-electron chi connectivity index (χ2n) is 6.42. The van der Waals surface area contributed by atoms with Gasteiger partial charge in [-0.3, -0.25) is 14.6 Å². The molecule has 1 aliphatic heterocycles. The van der Waals surface area contributed by atoms with Crippen LogP contribution in [0.5, 0.6) is 11.6 Å². The maximum atomic E-state index is 13.9. The third-order valence-corrected chi connectivity index (χ3v) is 4.48. The van der Waals surface area contributed by atoms with E-state index in [1.165, 1.54) is 18.3 Å². The summed E-state index contributed by atoms with van der Waals surface area (Å²) in [6.07, 6.45) is 4.78. The molecule has 0 radical (unpaired) electrons. The van der Waals surface area contributed by atoms with Crippen LogP contribution in [-0.4, -0.2) is 39.8 Å². The zero-order valence-electron chi connectivity index (χ0n) is 14.8.